The topological polar surface area (TPSA) is 67.4 Å². The summed E-state index contributed by atoms with van der Waals surface area (Å²) in [7, 11) is 0. The predicted molar refractivity (Wildman–Crippen MR) is 105 cm³/mol. The van der Waals surface area contributed by atoms with Crippen LogP contribution in [0.4, 0.5) is 0 Å². The smallest absolute Gasteiger partial charge is 0.276 e. The highest BCUT2D eigenvalue weighted by molar-refractivity contribution is 9.10. The Balaban J connectivity index is 1.81. The van der Waals surface area contributed by atoms with E-state index >= 15 is 0 Å². The molecule has 2 aromatic carbocycles. The molecule has 0 saturated carbocycles. The molecule has 2 amide bonds. The minimum absolute atomic E-state index is 0.0607. The fraction of sp³-hybridized carbons (Fsp3) is 0.300. The van der Waals surface area contributed by atoms with Crippen LogP contribution < -0.4 is 15.6 Å². The molecule has 138 valence electrons. The van der Waals surface area contributed by atoms with Gasteiger partial charge < -0.3 is 4.74 Å². The van der Waals surface area contributed by atoms with Crippen molar-refractivity contribution in [2.75, 3.05) is 6.61 Å². The summed E-state index contributed by atoms with van der Waals surface area (Å²) in [5.74, 6) is -0.236. The highest BCUT2D eigenvalue weighted by Gasteiger charge is 2.13. The molecule has 2 N–H and O–H groups in total. The number of rotatable bonds is 4. The summed E-state index contributed by atoms with van der Waals surface area (Å²) in [6.07, 6.45) is 0. The van der Waals surface area contributed by atoms with Crippen molar-refractivity contribution in [2.24, 2.45) is 0 Å². The van der Waals surface area contributed by atoms with Gasteiger partial charge in [0.1, 0.15) is 5.75 Å². The van der Waals surface area contributed by atoms with E-state index in [0.717, 1.165) is 10.0 Å². The molecule has 26 heavy (non-hydrogen) atoms. The van der Waals surface area contributed by atoms with Gasteiger partial charge in [-0.2, -0.15) is 0 Å². The summed E-state index contributed by atoms with van der Waals surface area (Å²) in [5, 5.41) is 0. The molecule has 0 aliphatic heterocycles. The van der Waals surface area contributed by atoms with Gasteiger partial charge in [-0.3, -0.25) is 20.4 Å². The Kier molecular flexibility index (Phi) is 6.42. The molecule has 0 saturated heterocycles. The zero-order valence-corrected chi connectivity index (χ0v) is 16.9. The number of aryl methyl sites for hydroxylation is 1. The van der Waals surface area contributed by atoms with Gasteiger partial charge in [0.05, 0.1) is 0 Å². The first kappa shape index (κ1) is 20.0. The lowest BCUT2D eigenvalue weighted by Gasteiger charge is -2.19. The van der Waals surface area contributed by atoms with Gasteiger partial charge in [-0.25, -0.2) is 0 Å². The Morgan fingerprint density at radius 2 is 1.69 bits per heavy atom. The van der Waals surface area contributed by atoms with Crippen molar-refractivity contribution in [3.05, 3.63) is 63.6 Å². The van der Waals surface area contributed by atoms with Gasteiger partial charge in [0, 0.05) is 10.0 Å². The first-order valence-electron chi connectivity index (χ1n) is 8.25. The molecule has 0 aromatic heterocycles. The molecule has 2 rings (SSSR count). The van der Waals surface area contributed by atoms with Crippen molar-refractivity contribution in [1.29, 1.82) is 0 Å². The number of hydrazine groups is 1. The predicted octanol–water partition coefficient (Wildman–Crippen LogP) is 3.90. The fourth-order valence-electron chi connectivity index (χ4n) is 2.17. The third-order valence-electron chi connectivity index (χ3n) is 3.84. The van der Waals surface area contributed by atoms with E-state index in [0.29, 0.717) is 11.3 Å². The van der Waals surface area contributed by atoms with Crippen LogP contribution in [0.15, 0.2) is 46.9 Å². The highest BCUT2D eigenvalue weighted by Crippen LogP contribution is 2.24. The van der Waals surface area contributed by atoms with Crippen molar-refractivity contribution in [3.63, 3.8) is 0 Å². The Morgan fingerprint density at radius 1 is 1.04 bits per heavy atom. The Bertz CT molecular complexity index is 796. The number of hydrogen-bond donors (Lipinski definition) is 2. The van der Waals surface area contributed by atoms with Gasteiger partial charge in [0.25, 0.3) is 11.8 Å². The van der Waals surface area contributed by atoms with Crippen LogP contribution in [0.1, 0.15) is 42.3 Å². The summed E-state index contributed by atoms with van der Waals surface area (Å²) in [6, 6.07) is 12.8. The molecule has 0 heterocycles. The van der Waals surface area contributed by atoms with Gasteiger partial charge >= 0.3 is 0 Å². The number of carbonyl (C=O) groups excluding carboxylic acids is 2. The normalized spacial score (nSPS) is 11.0. The maximum absolute atomic E-state index is 12.0. The number of benzene rings is 2. The minimum Gasteiger partial charge on any atom is -0.484 e. The van der Waals surface area contributed by atoms with Crippen LogP contribution in [0.25, 0.3) is 0 Å². The number of ether oxygens (including phenoxy) is 1. The van der Waals surface area contributed by atoms with Crippen LogP contribution in [0.2, 0.25) is 0 Å². The second-order valence-electron chi connectivity index (χ2n) is 7.03. The van der Waals surface area contributed by atoms with Crippen LogP contribution in [0.3, 0.4) is 0 Å². The molecule has 0 aliphatic rings. The number of halogens is 1. The van der Waals surface area contributed by atoms with Crippen LogP contribution in [-0.4, -0.2) is 18.4 Å². The van der Waals surface area contributed by atoms with E-state index in [-0.39, 0.29) is 12.0 Å². The second kappa shape index (κ2) is 8.36. The zero-order chi connectivity index (χ0) is 19.3. The summed E-state index contributed by atoms with van der Waals surface area (Å²) in [6.45, 7) is 8.13. The van der Waals surface area contributed by atoms with E-state index in [1.165, 1.54) is 5.56 Å². The highest BCUT2D eigenvalue weighted by atomic mass is 79.9. The zero-order valence-electron chi connectivity index (χ0n) is 15.4. The van der Waals surface area contributed by atoms with E-state index < -0.39 is 11.8 Å². The molecule has 0 unspecified atom stereocenters. The Hall–Kier alpha value is -2.34. The average Bonchev–Trinajstić information content (AvgIpc) is 2.59. The molecule has 6 heteroatoms. The van der Waals surface area contributed by atoms with Gasteiger partial charge in [-0.15, -0.1) is 0 Å². The summed E-state index contributed by atoms with van der Waals surface area (Å²) in [5.41, 5.74) is 7.43. The number of amides is 2. The number of nitrogens with one attached hydrogen (secondary N) is 2. The quantitative estimate of drug-likeness (QED) is 0.739. The molecule has 0 bridgehead atoms. The molecule has 0 aliphatic carbocycles. The second-order valence-corrected chi connectivity index (χ2v) is 7.88. The van der Waals surface area contributed by atoms with E-state index in [1.54, 1.807) is 12.1 Å². The number of carbonyl (C=O) groups is 2. The molecule has 2 aromatic rings. The van der Waals surface area contributed by atoms with E-state index in [1.807, 2.05) is 37.3 Å². The maximum Gasteiger partial charge on any atom is 0.276 e. The van der Waals surface area contributed by atoms with Crippen molar-refractivity contribution in [3.8, 4) is 5.75 Å². The maximum atomic E-state index is 12.0. The van der Waals surface area contributed by atoms with E-state index in [2.05, 4.69) is 47.6 Å². The van der Waals surface area contributed by atoms with Crippen LogP contribution in [0.5, 0.6) is 5.75 Å². The molecule has 5 nitrogen and oxygen atoms in total. The third-order valence-corrected chi connectivity index (χ3v) is 4.69. The van der Waals surface area contributed by atoms with E-state index in [4.69, 9.17) is 4.74 Å². The van der Waals surface area contributed by atoms with Gasteiger partial charge in [0.15, 0.2) is 6.61 Å². The van der Waals surface area contributed by atoms with Crippen LogP contribution in [-0.2, 0) is 10.2 Å². The molecular weight excluding hydrogens is 396 g/mol. The van der Waals surface area contributed by atoms with Crippen molar-refractivity contribution in [1.82, 2.24) is 10.9 Å². The lowest BCUT2D eigenvalue weighted by molar-refractivity contribution is -0.123. The lowest BCUT2D eigenvalue weighted by Crippen LogP contribution is -2.43. The molecule has 0 fully saturated rings. The Morgan fingerprint density at radius 3 is 2.27 bits per heavy atom. The first-order valence-corrected chi connectivity index (χ1v) is 9.05. The summed E-state index contributed by atoms with van der Waals surface area (Å²) >= 11 is 3.37. The minimum atomic E-state index is -0.440. The fourth-order valence-corrected chi connectivity index (χ4v) is 2.55. The van der Waals surface area contributed by atoms with Crippen LogP contribution in [0, 0.1) is 6.92 Å². The van der Waals surface area contributed by atoms with Crippen molar-refractivity contribution < 1.29 is 14.3 Å². The summed E-state index contributed by atoms with van der Waals surface area (Å²) in [4.78, 5) is 23.9. The van der Waals surface area contributed by atoms with Gasteiger partial charge in [-0.1, -0.05) is 54.9 Å². The Labute approximate surface area is 162 Å². The monoisotopic (exact) mass is 418 g/mol. The van der Waals surface area contributed by atoms with Crippen molar-refractivity contribution >= 4 is 27.7 Å². The van der Waals surface area contributed by atoms with Crippen LogP contribution >= 0.6 is 15.9 Å². The third kappa shape index (κ3) is 5.59. The number of hydrogen-bond acceptors (Lipinski definition) is 3. The van der Waals surface area contributed by atoms with E-state index in [9.17, 15) is 9.59 Å². The SMILES string of the molecule is Cc1ccc(C(=O)NNC(=O)COc2ccc(C(C)(C)C)cc2)cc1Br. The summed E-state index contributed by atoms with van der Waals surface area (Å²) < 4.78 is 6.27. The van der Waals surface area contributed by atoms with Gasteiger partial charge in [-0.05, 0) is 47.7 Å². The average molecular weight is 419 g/mol. The van der Waals surface area contributed by atoms with Gasteiger partial charge in [0.2, 0.25) is 0 Å². The molecule has 0 spiro atoms. The molecular formula is C20H23BrN2O3. The largest absolute Gasteiger partial charge is 0.484 e. The molecule has 0 atom stereocenters. The first-order chi connectivity index (χ1) is 12.2. The lowest BCUT2D eigenvalue weighted by atomic mass is 9.87. The van der Waals surface area contributed by atoms with Crippen molar-refractivity contribution in [2.45, 2.75) is 33.1 Å². The standard InChI is InChI=1S/C20H23BrN2O3/c1-13-5-6-14(11-17(13)21)19(25)23-22-18(24)12-26-16-9-7-15(8-10-16)20(2,3)4/h5-11H,12H2,1-4H3,(H,22,24)(H,23,25). The molecule has 0 radical (unpaired) electrons.